The Labute approximate surface area is 196 Å². The van der Waals surface area contributed by atoms with E-state index in [0.29, 0.717) is 13.0 Å². The summed E-state index contributed by atoms with van der Waals surface area (Å²) < 4.78 is 29.2. The molecule has 0 fully saturated rings. The minimum atomic E-state index is -3.25. The second-order valence-corrected chi connectivity index (χ2v) is 10.7. The largest absolute Gasteiger partial charge is 0.233 e. The summed E-state index contributed by atoms with van der Waals surface area (Å²) in [5.41, 5.74) is 5.61. The molecular formula is C27H31N3O2S. The Balaban J connectivity index is 1.68. The van der Waals surface area contributed by atoms with E-state index < -0.39 is 10.0 Å². The normalized spacial score (nSPS) is 13.8. The third-order valence-electron chi connectivity index (χ3n) is 6.06. The lowest BCUT2D eigenvalue weighted by atomic mass is 9.81. The van der Waals surface area contributed by atoms with Crippen molar-refractivity contribution < 1.29 is 8.42 Å². The smallest absolute Gasteiger partial charge is 0.211 e. The molecule has 5 nitrogen and oxygen atoms in total. The van der Waals surface area contributed by atoms with E-state index >= 15 is 0 Å². The number of hydrogen-bond acceptors (Lipinski definition) is 3. The summed E-state index contributed by atoms with van der Waals surface area (Å²) in [6.07, 6.45) is 2.50. The van der Waals surface area contributed by atoms with E-state index in [1.165, 1.54) is 11.1 Å². The van der Waals surface area contributed by atoms with Crippen LogP contribution in [0.4, 0.5) is 0 Å². The van der Waals surface area contributed by atoms with Crippen molar-refractivity contribution in [2.24, 2.45) is 5.92 Å². The average Bonchev–Trinajstić information content (AvgIpc) is 3.23. The molecule has 172 valence electrons. The number of benzene rings is 3. The van der Waals surface area contributed by atoms with Crippen LogP contribution in [0.5, 0.6) is 0 Å². The summed E-state index contributed by atoms with van der Waals surface area (Å²) in [5.74, 6) is 0.283. The van der Waals surface area contributed by atoms with Crippen LogP contribution in [0.2, 0.25) is 0 Å². The maximum absolute atomic E-state index is 12.2. The molecule has 6 heteroatoms. The number of hydrogen-bond donors (Lipinski definition) is 1. The minimum Gasteiger partial charge on any atom is -0.233 e. The predicted molar refractivity (Wildman–Crippen MR) is 135 cm³/mol. The first-order chi connectivity index (χ1) is 15.9. The van der Waals surface area contributed by atoms with Gasteiger partial charge in [-0.25, -0.2) is 17.8 Å². The first kappa shape index (κ1) is 23.2. The highest BCUT2D eigenvalue weighted by molar-refractivity contribution is 7.89. The number of rotatable bonds is 9. The van der Waals surface area contributed by atoms with Gasteiger partial charge < -0.3 is 0 Å². The summed E-state index contributed by atoms with van der Waals surface area (Å²) in [6.45, 7) is 6.44. The maximum Gasteiger partial charge on any atom is 0.211 e. The molecule has 2 unspecified atom stereocenters. The molecule has 2 atom stereocenters. The number of fused-ring (bicyclic) bond motifs is 1. The van der Waals surface area contributed by atoms with Crippen LogP contribution in [-0.4, -0.2) is 30.5 Å². The van der Waals surface area contributed by atoms with Gasteiger partial charge in [-0.15, -0.1) is 0 Å². The standard InChI is InChI=1S/C27H31N3O2S/c1-4-16-33(31,32)29-18-21(3)27(22-8-6-5-7-9-22)23-12-15-26-24(17-23)19-28-30(26)25-13-10-20(2)11-14-25/h5-15,17,19,21,27,29H,4,16,18H2,1-3H3. The summed E-state index contributed by atoms with van der Waals surface area (Å²) in [4.78, 5) is 0. The summed E-state index contributed by atoms with van der Waals surface area (Å²) in [7, 11) is -3.25. The quantitative estimate of drug-likeness (QED) is 0.361. The maximum atomic E-state index is 12.2. The second-order valence-electron chi connectivity index (χ2n) is 8.74. The number of aryl methyl sites for hydroxylation is 1. The predicted octanol–water partition coefficient (Wildman–Crippen LogP) is 5.43. The highest BCUT2D eigenvalue weighted by Gasteiger charge is 2.23. The SMILES string of the molecule is CCCS(=O)(=O)NCC(C)C(c1ccccc1)c1ccc2c(cnn2-c2ccc(C)cc2)c1. The molecule has 1 aromatic heterocycles. The first-order valence-electron chi connectivity index (χ1n) is 11.4. The van der Waals surface area contributed by atoms with Gasteiger partial charge in [-0.1, -0.05) is 67.9 Å². The van der Waals surface area contributed by atoms with Crippen molar-refractivity contribution >= 4 is 20.9 Å². The zero-order valence-electron chi connectivity index (χ0n) is 19.4. The van der Waals surface area contributed by atoms with E-state index in [9.17, 15) is 8.42 Å². The fourth-order valence-corrected chi connectivity index (χ4v) is 5.56. The van der Waals surface area contributed by atoms with Crippen LogP contribution in [0.15, 0.2) is 79.0 Å². The average molecular weight is 462 g/mol. The lowest BCUT2D eigenvalue weighted by Crippen LogP contribution is -2.32. The number of sulfonamides is 1. The lowest BCUT2D eigenvalue weighted by molar-refractivity contribution is 0.494. The minimum absolute atomic E-state index is 0.0580. The molecule has 4 rings (SSSR count). The fraction of sp³-hybridized carbons (Fsp3) is 0.296. The molecule has 33 heavy (non-hydrogen) atoms. The highest BCUT2D eigenvalue weighted by atomic mass is 32.2. The summed E-state index contributed by atoms with van der Waals surface area (Å²) in [5, 5.41) is 5.69. The van der Waals surface area contributed by atoms with Gasteiger partial charge in [0.2, 0.25) is 10.0 Å². The van der Waals surface area contributed by atoms with Crippen LogP contribution in [0.3, 0.4) is 0 Å². The molecule has 0 aliphatic rings. The van der Waals surface area contributed by atoms with Gasteiger partial charge in [-0.2, -0.15) is 5.10 Å². The van der Waals surface area contributed by atoms with Crippen LogP contribution in [-0.2, 0) is 10.0 Å². The van der Waals surface area contributed by atoms with Crippen LogP contribution in [0, 0.1) is 12.8 Å². The summed E-state index contributed by atoms with van der Waals surface area (Å²) >= 11 is 0. The van der Waals surface area contributed by atoms with E-state index in [1.807, 2.05) is 36.0 Å². The molecule has 0 radical (unpaired) electrons. The van der Waals surface area contributed by atoms with Gasteiger partial charge in [0.05, 0.1) is 23.2 Å². The van der Waals surface area contributed by atoms with Gasteiger partial charge in [-0.3, -0.25) is 0 Å². The molecule has 3 aromatic carbocycles. The van der Waals surface area contributed by atoms with Crippen LogP contribution in [0.25, 0.3) is 16.6 Å². The molecule has 0 bridgehead atoms. The third kappa shape index (κ3) is 5.34. The van der Waals surface area contributed by atoms with E-state index in [1.54, 1.807) is 0 Å². The zero-order valence-corrected chi connectivity index (χ0v) is 20.2. The topological polar surface area (TPSA) is 64.0 Å². The van der Waals surface area contributed by atoms with Gasteiger partial charge in [0.15, 0.2) is 0 Å². The Bertz CT molecular complexity index is 1310. The Kier molecular flexibility index (Phi) is 6.96. The first-order valence-corrected chi connectivity index (χ1v) is 13.1. The van der Waals surface area contributed by atoms with E-state index in [2.05, 4.69) is 78.3 Å². The molecule has 0 aliphatic heterocycles. The van der Waals surface area contributed by atoms with Crippen LogP contribution >= 0.6 is 0 Å². The van der Waals surface area contributed by atoms with Gasteiger partial charge in [0, 0.05) is 17.8 Å². The van der Waals surface area contributed by atoms with Gasteiger partial charge in [0.1, 0.15) is 0 Å². The van der Waals surface area contributed by atoms with Crippen molar-refractivity contribution in [2.75, 3.05) is 12.3 Å². The zero-order chi connectivity index (χ0) is 23.4. The Morgan fingerprint density at radius 3 is 2.39 bits per heavy atom. The van der Waals surface area contributed by atoms with Gasteiger partial charge in [0.25, 0.3) is 0 Å². The van der Waals surface area contributed by atoms with Crippen LogP contribution < -0.4 is 4.72 Å². The Hall–Kier alpha value is -2.96. The molecule has 0 amide bonds. The Morgan fingerprint density at radius 2 is 1.70 bits per heavy atom. The fourth-order valence-electron chi connectivity index (χ4n) is 4.36. The molecule has 0 spiro atoms. The number of nitrogens with zero attached hydrogens (tertiary/aromatic N) is 2. The van der Waals surface area contributed by atoms with Crippen LogP contribution in [0.1, 0.15) is 42.9 Å². The van der Waals surface area contributed by atoms with Gasteiger partial charge >= 0.3 is 0 Å². The molecule has 0 saturated heterocycles. The van der Waals surface area contributed by atoms with Gasteiger partial charge in [-0.05, 0) is 54.7 Å². The van der Waals surface area contributed by atoms with E-state index in [-0.39, 0.29) is 17.6 Å². The second kappa shape index (κ2) is 9.89. The van der Waals surface area contributed by atoms with Crippen molar-refractivity contribution in [2.45, 2.75) is 33.1 Å². The lowest BCUT2D eigenvalue weighted by Gasteiger charge is -2.25. The highest BCUT2D eigenvalue weighted by Crippen LogP contribution is 2.34. The van der Waals surface area contributed by atoms with Crippen molar-refractivity contribution in [1.29, 1.82) is 0 Å². The van der Waals surface area contributed by atoms with Crippen molar-refractivity contribution in [3.63, 3.8) is 0 Å². The molecule has 1 heterocycles. The van der Waals surface area contributed by atoms with Crippen molar-refractivity contribution in [1.82, 2.24) is 14.5 Å². The third-order valence-corrected chi connectivity index (χ3v) is 7.61. The van der Waals surface area contributed by atoms with Crippen molar-refractivity contribution in [3.8, 4) is 5.69 Å². The molecule has 1 N–H and O–H groups in total. The number of aromatic nitrogens is 2. The number of nitrogens with one attached hydrogen (secondary N) is 1. The molecule has 4 aromatic rings. The molecule has 0 aliphatic carbocycles. The Morgan fingerprint density at radius 1 is 0.970 bits per heavy atom. The summed E-state index contributed by atoms with van der Waals surface area (Å²) in [6, 6.07) is 25.1. The van der Waals surface area contributed by atoms with Crippen molar-refractivity contribution in [3.05, 3.63) is 95.7 Å². The monoisotopic (exact) mass is 461 g/mol. The molecular weight excluding hydrogens is 430 g/mol. The molecule has 0 saturated carbocycles. The van der Waals surface area contributed by atoms with E-state index in [0.717, 1.165) is 22.2 Å². The van der Waals surface area contributed by atoms with E-state index in [4.69, 9.17) is 0 Å².